The van der Waals surface area contributed by atoms with Gasteiger partial charge in [-0.3, -0.25) is 4.79 Å². The quantitative estimate of drug-likeness (QED) is 0.702. The van der Waals surface area contributed by atoms with Crippen molar-refractivity contribution in [1.29, 1.82) is 0 Å². The number of fused-ring (bicyclic) bond motifs is 5. The average molecular weight is 363 g/mol. The van der Waals surface area contributed by atoms with E-state index in [0.29, 0.717) is 29.3 Å². The standard InChI is InChI=1S/C18H22O2.ClH.K.H2O/c1-18-9-8-14-13-5-3-12(19)10-11(13)2-4-15(14)16(18)6-7-17(18)20;;;/h3,5,10,14-16,19H,2,4,6-9H2,1H3;1H;;1H2/q;;+1;/p-1/t14-,15-,16+,18+;;;/m1.../s1. The van der Waals surface area contributed by atoms with Crippen molar-refractivity contribution in [1.82, 2.24) is 0 Å². The number of hydrogen-bond donors (Lipinski definition) is 1. The number of aryl methyl sites for hydroxylation is 1. The largest absolute Gasteiger partial charge is 1.00 e. The molecule has 4 atom stereocenters. The summed E-state index contributed by atoms with van der Waals surface area (Å²) >= 11 is 0. The Morgan fingerprint density at radius 1 is 1.17 bits per heavy atom. The number of benzene rings is 1. The first kappa shape index (κ1) is 21.6. The maximum absolute atomic E-state index is 12.3. The van der Waals surface area contributed by atoms with Crippen LogP contribution in [-0.2, 0) is 11.2 Å². The van der Waals surface area contributed by atoms with Gasteiger partial charge in [-0.25, -0.2) is 0 Å². The zero-order valence-electron chi connectivity index (χ0n) is 13.9. The van der Waals surface area contributed by atoms with E-state index in [-0.39, 0.29) is 74.7 Å². The Labute approximate surface area is 186 Å². The summed E-state index contributed by atoms with van der Waals surface area (Å²) in [5.41, 5.74) is 2.75. The number of halogens is 1. The third kappa shape index (κ3) is 3.33. The molecule has 0 unspecified atom stereocenters. The number of ketones is 1. The van der Waals surface area contributed by atoms with Gasteiger partial charge in [0.15, 0.2) is 0 Å². The smallest absolute Gasteiger partial charge is 0.870 e. The van der Waals surface area contributed by atoms with Gasteiger partial charge in [-0.1, -0.05) is 13.0 Å². The zero-order chi connectivity index (χ0) is 13.9. The molecule has 0 saturated heterocycles. The van der Waals surface area contributed by atoms with Gasteiger partial charge in [0.1, 0.15) is 11.5 Å². The van der Waals surface area contributed by atoms with E-state index in [1.165, 1.54) is 17.5 Å². The molecule has 1 aromatic carbocycles. The predicted molar refractivity (Wildman–Crippen MR) is 86.9 cm³/mol. The number of hydrogen-bond acceptors (Lipinski definition) is 3. The van der Waals surface area contributed by atoms with Gasteiger partial charge >= 0.3 is 51.4 Å². The third-order valence-corrected chi connectivity index (χ3v) is 6.42. The molecule has 3 aliphatic carbocycles. The fourth-order valence-corrected chi connectivity index (χ4v) is 5.34. The van der Waals surface area contributed by atoms with Crippen LogP contribution < -0.4 is 51.4 Å². The molecule has 0 heterocycles. The van der Waals surface area contributed by atoms with Crippen molar-refractivity contribution < 1.29 is 66.8 Å². The van der Waals surface area contributed by atoms with Gasteiger partial charge in [-0.2, -0.15) is 0 Å². The van der Waals surface area contributed by atoms with Crippen molar-refractivity contribution in [3.05, 3.63) is 29.3 Å². The van der Waals surface area contributed by atoms with E-state index >= 15 is 0 Å². The van der Waals surface area contributed by atoms with Crippen molar-refractivity contribution in [2.24, 2.45) is 17.3 Å². The van der Waals surface area contributed by atoms with Crippen LogP contribution in [0.3, 0.4) is 0 Å². The minimum absolute atomic E-state index is 0. The number of phenols is 1. The van der Waals surface area contributed by atoms with Gasteiger partial charge in [0.05, 0.1) is 0 Å². The second-order valence-electron chi connectivity index (χ2n) is 7.22. The Morgan fingerprint density at radius 3 is 2.65 bits per heavy atom. The van der Waals surface area contributed by atoms with Gasteiger partial charge < -0.3 is 10.6 Å². The summed E-state index contributed by atoms with van der Waals surface area (Å²) in [6.07, 6.45) is 6.34. The van der Waals surface area contributed by atoms with Crippen LogP contribution in [0.1, 0.15) is 56.1 Å². The summed E-state index contributed by atoms with van der Waals surface area (Å²) in [5, 5.41) is 9.67. The summed E-state index contributed by atoms with van der Waals surface area (Å²) < 4.78 is 0. The normalized spacial score (nSPS) is 34.0. The molecule has 5 heteroatoms. The average Bonchev–Trinajstić information content (AvgIpc) is 2.74. The Hall–Kier alpha value is 0.576. The first-order chi connectivity index (χ1) is 9.59. The zero-order valence-corrected chi connectivity index (χ0v) is 17.9. The molecule has 2 N–H and O–H groups in total. The van der Waals surface area contributed by atoms with E-state index in [4.69, 9.17) is 0 Å². The summed E-state index contributed by atoms with van der Waals surface area (Å²) in [4.78, 5) is 12.3. The Morgan fingerprint density at radius 2 is 1.91 bits per heavy atom. The number of phenolic OH excluding ortho intramolecular Hbond substituents is 1. The SMILES string of the molecule is C[C@]12CC[C@@H]3c4ccc(O)cc4CC[C@H]3[C@@H]1CCC2=O.Cl.[K+].[OH-]. The van der Waals surface area contributed by atoms with Crippen LogP contribution in [0.5, 0.6) is 5.75 Å². The van der Waals surface area contributed by atoms with Crippen LogP contribution in [0.25, 0.3) is 0 Å². The van der Waals surface area contributed by atoms with E-state index < -0.39 is 0 Å². The van der Waals surface area contributed by atoms with Gasteiger partial charge in [-0.05, 0) is 73.1 Å². The van der Waals surface area contributed by atoms with Crippen LogP contribution in [0.4, 0.5) is 0 Å². The Balaban J connectivity index is 0.000000882. The van der Waals surface area contributed by atoms with Crippen LogP contribution in [-0.4, -0.2) is 16.4 Å². The molecule has 0 amide bonds. The monoisotopic (exact) mass is 362 g/mol. The topological polar surface area (TPSA) is 67.3 Å². The summed E-state index contributed by atoms with van der Waals surface area (Å²) in [5.74, 6) is 2.78. The minimum Gasteiger partial charge on any atom is -0.870 e. The third-order valence-electron chi connectivity index (χ3n) is 6.42. The molecule has 0 aliphatic heterocycles. The second-order valence-corrected chi connectivity index (χ2v) is 7.22. The van der Waals surface area contributed by atoms with Crippen molar-refractivity contribution in [2.75, 3.05) is 0 Å². The second kappa shape index (κ2) is 7.86. The fourth-order valence-electron chi connectivity index (χ4n) is 5.34. The molecule has 0 bridgehead atoms. The number of carbonyl (C=O) groups is 1. The molecule has 0 spiro atoms. The maximum atomic E-state index is 12.3. The Kier molecular flexibility index (Phi) is 7.38. The van der Waals surface area contributed by atoms with Crippen molar-refractivity contribution in [3.63, 3.8) is 0 Å². The summed E-state index contributed by atoms with van der Waals surface area (Å²) in [7, 11) is 0. The molecule has 4 rings (SSSR count). The van der Waals surface area contributed by atoms with E-state index in [2.05, 4.69) is 13.0 Å². The Bertz CT molecular complexity index is 592. The van der Waals surface area contributed by atoms with Gasteiger partial charge in [0, 0.05) is 11.8 Å². The first-order valence-electron chi connectivity index (χ1n) is 7.95. The molecular formula is C18H24ClKO3. The molecular weight excluding hydrogens is 339 g/mol. The molecule has 0 radical (unpaired) electrons. The molecule has 0 aromatic heterocycles. The summed E-state index contributed by atoms with van der Waals surface area (Å²) in [6.45, 7) is 2.22. The predicted octanol–water partition coefficient (Wildman–Crippen LogP) is 1.07. The fraction of sp³-hybridized carbons (Fsp3) is 0.611. The molecule has 2 saturated carbocycles. The van der Waals surface area contributed by atoms with Crippen molar-refractivity contribution >= 4 is 18.2 Å². The molecule has 2 fully saturated rings. The van der Waals surface area contributed by atoms with E-state index in [1.54, 1.807) is 0 Å². The minimum atomic E-state index is -0.0322. The van der Waals surface area contributed by atoms with Crippen LogP contribution in [0.15, 0.2) is 18.2 Å². The van der Waals surface area contributed by atoms with Crippen molar-refractivity contribution in [2.45, 2.75) is 51.4 Å². The van der Waals surface area contributed by atoms with Crippen molar-refractivity contribution in [3.8, 4) is 5.75 Å². The molecule has 3 nitrogen and oxygen atoms in total. The number of rotatable bonds is 0. The molecule has 1 aromatic rings. The summed E-state index contributed by atoms with van der Waals surface area (Å²) in [6, 6.07) is 5.90. The van der Waals surface area contributed by atoms with Crippen LogP contribution >= 0.6 is 12.4 Å². The molecule has 3 aliphatic rings. The number of Topliss-reactive ketones (excluding diaryl/α,β-unsaturated/α-hetero) is 1. The van der Waals surface area contributed by atoms with E-state index in [0.717, 1.165) is 32.1 Å². The van der Waals surface area contributed by atoms with Gasteiger partial charge in [0.2, 0.25) is 0 Å². The molecule has 122 valence electrons. The van der Waals surface area contributed by atoms with Gasteiger partial charge in [0.25, 0.3) is 0 Å². The van der Waals surface area contributed by atoms with E-state index in [1.807, 2.05) is 12.1 Å². The van der Waals surface area contributed by atoms with Crippen LogP contribution in [0, 0.1) is 17.3 Å². The van der Waals surface area contributed by atoms with E-state index in [9.17, 15) is 9.90 Å². The van der Waals surface area contributed by atoms with Gasteiger partial charge in [-0.15, -0.1) is 12.4 Å². The van der Waals surface area contributed by atoms with Crippen LogP contribution in [0.2, 0.25) is 0 Å². The first-order valence-corrected chi connectivity index (χ1v) is 7.95. The maximum Gasteiger partial charge on any atom is 1.00 e. The number of aromatic hydroxyl groups is 1. The number of carbonyl (C=O) groups excluding carboxylic acids is 1. The molecule has 23 heavy (non-hydrogen) atoms.